The van der Waals surface area contributed by atoms with Crippen molar-refractivity contribution in [3.05, 3.63) is 47.5 Å². The van der Waals surface area contributed by atoms with Crippen LogP contribution in [0.5, 0.6) is 0 Å². The number of sulfonamides is 1. The van der Waals surface area contributed by atoms with Crippen LogP contribution in [0.25, 0.3) is 0 Å². The Morgan fingerprint density at radius 3 is 2.34 bits per heavy atom. The summed E-state index contributed by atoms with van der Waals surface area (Å²) in [6.45, 7) is 2.59. The van der Waals surface area contributed by atoms with Crippen LogP contribution in [0, 0.1) is 5.41 Å². The van der Waals surface area contributed by atoms with Gasteiger partial charge in [-0.05, 0) is 17.7 Å². The van der Waals surface area contributed by atoms with E-state index in [4.69, 9.17) is 0 Å². The Morgan fingerprint density at radius 2 is 1.83 bits per heavy atom. The lowest BCUT2D eigenvalue weighted by Crippen LogP contribution is -2.59. The van der Waals surface area contributed by atoms with E-state index < -0.39 is 21.8 Å². The van der Waals surface area contributed by atoms with Crippen molar-refractivity contribution in [2.75, 3.05) is 32.4 Å². The molecule has 3 heterocycles. The quantitative estimate of drug-likeness (QED) is 0.740. The lowest BCUT2D eigenvalue weighted by molar-refractivity contribution is -0.137. The first-order valence-corrected chi connectivity index (χ1v) is 11.0. The van der Waals surface area contributed by atoms with Gasteiger partial charge in [0, 0.05) is 51.1 Å². The zero-order chi connectivity index (χ0) is 21.0. The topological polar surface area (TPSA) is 71.3 Å². The molecule has 1 aromatic carbocycles. The van der Waals surface area contributed by atoms with E-state index in [2.05, 4.69) is 15.1 Å². The highest BCUT2D eigenvalue weighted by molar-refractivity contribution is 7.88. The fourth-order valence-electron chi connectivity index (χ4n) is 4.47. The maximum Gasteiger partial charge on any atom is 0.416 e. The van der Waals surface area contributed by atoms with Crippen LogP contribution in [0.1, 0.15) is 22.9 Å². The molecule has 0 saturated carbocycles. The fraction of sp³-hybridized carbons (Fsp3) is 0.556. The third kappa shape index (κ3) is 3.78. The number of aromatic nitrogens is 3. The van der Waals surface area contributed by atoms with E-state index in [0.717, 1.165) is 23.5 Å². The van der Waals surface area contributed by atoms with E-state index in [1.165, 1.54) is 22.7 Å². The van der Waals surface area contributed by atoms with Gasteiger partial charge in [0.1, 0.15) is 12.2 Å². The van der Waals surface area contributed by atoms with E-state index in [-0.39, 0.29) is 11.3 Å². The molecule has 0 radical (unpaired) electrons. The summed E-state index contributed by atoms with van der Waals surface area (Å²) in [6, 6.07) is 5.17. The molecule has 11 heteroatoms. The minimum absolute atomic E-state index is 0.0754. The lowest BCUT2D eigenvalue weighted by Gasteiger charge is -2.50. The Balaban J connectivity index is 1.49. The SMILES string of the molecule is Cn1cnnc1C1CN(S(C)(=O)=O)CC12CN(Cc1ccc(C(F)(F)F)cc1)C2. The van der Waals surface area contributed by atoms with Crippen molar-refractivity contribution in [2.45, 2.75) is 18.6 Å². The molecule has 2 aliphatic rings. The molecular weight excluding hydrogens is 407 g/mol. The average molecular weight is 429 g/mol. The number of hydrogen-bond donors (Lipinski definition) is 0. The number of alkyl halides is 3. The summed E-state index contributed by atoms with van der Waals surface area (Å²) >= 11 is 0. The Morgan fingerprint density at radius 1 is 1.17 bits per heavy atom. The molecule has 0 bridgehead atoms. The molecule has 0 aliphatic carbocycles. The van der Waals surface area contributed by atoms with Gasteiger partial charge < -0.3 is 4.57 Å². The number of likely N-dealkylation sites (tertiary alicyclic amines) is 1. The summed E-state index contributed by atoms with van der Waals surface area (Å²) in [5.41, 5.74) is -0.139. The van der Waals surface area contributed by atoms with Crippen LogP contribution in [-0.2, 0) is 29.8 Å². The molecule has 1 unspecified atom stereocenters. The Bertz CT molecular complexity index is 997. The second-order valence-electron chi connectivity index (χ2n) is 8.11. The predicted octanol–water partition coefficient (Wildman–Crippen LogP) is 1.69. The smallest absolute Gasteiger partial charge is 0.320 e. The summed E-state index contributed by atoms with van der Waals surface area (Å²) < 4.78 is 65.7. The molecule has 2 aromatic rings. The maximum absolute atomic E-state index is 12.7. The Kier molecular flexibility index (Phi) is 4.74. The molecule has 7 nitrogen and oxygen atoms in total. The number of benzene rings is 1. The largest absolute Gasteiger partial charge is 0.416 e. The lowest BCUT2D eigenvalue weighted by atomic mass is 9.71. The van der Waals surface area contributed by atoms with Crippen molar-refractivity contribution in [3.8, 4) is 0 Å². The minimum atomic E-state index is -4.35. The van der Waals surface area contributed by atoms with Crippen molar-refractivity contribution < 1.29 is 21.6 Å². The van der Waals surface area contributed by atoms with E-state index >= 15 is 0 Å². The highest BCUT2D eigenvalue weighted by Gasteiger charge is 2.57. The van der Waals surface area contributed by atoms with Gasteiger partial charge in [0.15, 0.2) is 0 Å². The van der Waals surface area contributed by atoms with Crippen molar-refractivity contribution in [2.24, 2.45) is 12.5 Å². The third-order valence-electron chi connectivity index (χ3n) is 5.91. The van der Waals surface area contributed by atoms with Gasteiger partial charge in [-0.3, -0.25) is 4.90 Å². The van der Waals surface area contributed by atoms with Crippen LogP contribution in [0.4, 0.5) is 13.2 Å². The first-order valence-electron chi connectivity index (χ1n) is 9.15. The van der Waals surface area contributed by atoms with Crippen LogP contribution >= 0.6 is 0 Å². The Labute approximate surface area is 167 Å². The number of aryl methyl sites for hydroxylation is 1. The first kappa shape index (κ1) is 20.3. The molecule has 1 spiro atoms. The fourth-order valence-corrected chi connectivity index (χ4v) is 5.38. The molecule has 2 aliphatic heterocycles. The molecule has 0 N–H and O–H groups in total. The number of nitrogens with zero attached hydrogens (tertiary/aromatic N) is 5. The third-order valence-corrected chi connectivity index (χ3v) is 7.12. The molecule has 158 valence electrons. The number of rotatable bonds is 4. The highest BCUT2D eigenvalue weighted by atomic mass is 32.2. The van der Waals surface area contributed by atoms with Crippen molar-refractivity contribution in [3.63, 3.8) is 0 Å². The molecule has 1 aromatic heterocycles. The van der Waals surface area contributed by atoms with E-state index in [1.54, 1.807) is 6.33 Å². The molecule has 4 rings (SSSR count). The maximum atomic E-state index is 12.7. The molecule has 29 heavy (non-hydrogen) atoms. The zero-order valence-corrected chi connectivity index (χ0v) is 16.9. The predicted molar refractivity (Wildman–Crippen MR) is 99.3 cm³/mol. The average Bonchev–Trinajstić information content (AvgIpc) is 3.17. The van der Waals surface area contributed by atoms with Gasteiger partial charge in [-0.15, -0.1) is 10.2 Å². The molecule has 2 saturated heterocycles. The van der Waals surface area contributed by atoms with Gasteiger partial charge in [0.2, 0.25) is 10.0 Å². The molecule has 2 fully saturated rings. The van der Waals surface area contributed by atoms with Crippen molar-refractivity contribution >= 4 is 10.0 Å². The van der Waals surface area contributed by atoms with Crippen molar-refractivity contribution in [1.29, 1.82) is 0 Å². The van der Waals surface area contributed by atoms with Crippen LogP contribution < -0.4 is 0 Å². The summed E-state index contributed by atoms with van der Waals surface area (Å²) in [5.74, 6) is 0.680. The summed E-state index contributed by atoms with van der Waals surface area (Å²) in [7, 11) is -1.49. The van der Waals surface area contributed by atoms with Crippen LogP contribution in [0.3, 0.4) is 0 Å². The summed E-state index contributed by atoms with van der Waals surface area (Å²) in [4.78, 5) is 2.12. The second kappa shape index (κ2) is 6.78. The van der Waals surface area contributed by atoms with Gasteiger partial charge in [0.05, 0.1) is 11.8 Å². The van der Waals surface area contributed by atoms with Crippen LogP contribution in [0.15, 0.2) is 30.6 Å². The number of halogens is 3. The molecule has 0 amide bonds. The van der Waals surface area contributed by atoms with Gasteiger partial charge >= 0.3 is 6.18 Å². The first-order chi connectivity index (χ1) is 13.5. The normalized spacial score (nSPS) is 22.9. The second-order valence-corrected chi connectivity index (χ2v) is 10.1. The van der Waals surface area contributed by atoms with Crippen LogP contribution in [0.2, 0.25) is 0 Å². The van der Waals surface area contributed by atoms with Gasteiger partial charge in [0.25, 0.3) is 0 Å². The standard InChI is InChI=1S/C18H22F3N5O2S/c1-24-12-22-23-16(24)15-8-26(29(2,27)28)11-17(15)9-25(10-17)7-13-3-5-14(6-4-13)18(19,20)21/h3-6,12,15H,7-11H2,1-2H3. The summed E-state index contributed by atoms with van der Waals surface area (Å²) in [5, 5.41) is 8.13. The van der Waals surface area contributed by atoms with E-state index in [9.17, 15) is 21.6 Å². The molecular formula is C18H22F3N5O2S. The van der Waals surface area contributed by atoms with E-state index in [1.807, 2.05) is 11.6 Å². The van der Waals surface area contributed by atoms with Crippen LogP contribution in [-0.4, -0.2) is 64.8 Å². The Hall–Kier alpha value is -1.98. The monoisotopic (exact) mass is 429 g/mol. The van der Waals surface area contributed by atoms with Gasteiger partial charge in [-0.1, -0.05) is 12.1 Å². The minimum Gasteiger partial charge on any atom is -0.320 e. The van der Waals surface area contributed by atoms with Crippen molar-refractivity contribution in [1.82, 2.24) is 24.0 Å². The van der Waals surface area contributed by atoms with Gasteiger partial charge in [-0.2, -0.15) is 13.2 Å². The van der Waals surface area contributed by atoms with E-state index in [0.29, 0.717) is 32.7 Å². The van der Waals surface area contributed by atoms with Gasteiger partial charge in [-0.25, -0.2) is 12.7 Å². The number of hydrogen-bond acceptors (Lipinski definition) is 5. The summed E-state index contributed by atoms with van der Waals surface area (Å²) in [6.07, 6.45) is -1.54. The zero-order valence-electron chi connectivity index (χ0n) is 16.1. The highest BCUT2D eigenvalue weighted by Crippen LogP contribution is 2.49. The molecule has 1 atom stereocenters.